The number of hydrogen-bond acceptors (Lipinski definition) is 3. The van der Waals surface area contributed by atoms with Crippen LogP contribution in [0, 0.1) is 6.92 Å². The SMILES string of the molecule is Cc1ccc(NC(=O)[C@H](Oc2ccc(C(N)=O)cc2)c2ccccc2)cc1Cl. The molecule has 0 saturated carbocycles. The molecule has 0 heterocycles. The zero-order valence-electron chi connectivity index (χ0n) is 15.2. The Labute approximate surface area is 168 Å². The lowest BCUT2D eigenvalue weighted by Gasteiger charge is -2.19. The summed E-state index contributed by atoms with van der Waals surface area (Å²) in [4.78, 5) is 24.2. The minimum absolute atomic E-state index is 0.343. The highest BCUT2D eigenvalue weighted by molar-refractivity contribution is 6.31. The highest BCUT2D eigenvalue weighted by Gasteiger charge is 2.23. The Balaban J connectivity index is 1.85. The van der Waals surface area contributed by atoms with Gasteiger partial charge in [-0.1, -0.05) is 48.0 Å². The minimum atomic E-state index is -0.888. The van der Waals surface area contributed by atoms with E-state index in [9.17, 15) is 9.59 Å². The number of nitrogens with two attached hydrogens (primary N) is 1. The van der Waals surface area contributed by atoms with Gasteiger partial charge in [0.25, 0.3) is 5.91 Å². The van der Waals surface area contributed by atoms with Crippen LogP contribution in [0.2, 0.25) is 5.02 Å². The fourth-order valence-corrected chi connectivity index (χ4v) is 2.79. The summed E-state index contributed by atoms with van der Waals surface area (Å²) < 4.78 is 5.93. The molecule has 0 aliphatic heterocycles. The molecule has 142 valence electrons. The van der Waals surface area contributed by atoms with Crippen molar-refractivity contribution < 1.29 is 14.3 Å². The molecule has 0 aliphatic rings. The molecule has 1 atom stereocenters. The Morgan fingerprint density at radius 1 is 1.00 bits per heavy atom. The van der Waals surface area contributed by atoms with Crippen molar-refractivity contribution in [2.24, 2.45) is 5.73 Å². The predicted octanol–water partition coefficient (Wildman–Crippen LogP) is 4.51. The van der Waals surface area contributed by atoms with Gasteiger partial charge in [-0.3, -0.25) is 9.59 Å². The number of aryl methyl sites for hydroxylation is 1. The van der Waals surface area contributed by atoms with Gasteiger partial charge in [0, 0.05) is 21.8 Å². The summed E-state index contributed by atoms with van der Waals surface area (Å²) in [7, 11) is 0. The summed E-state index contributed by atoms with van der Waals surface area (Å²) in [5.74, 6) is -0.429. The summed E-state index contributed by atoms with van der Waals surface area (Å²) in [6.07, 6.45) is -0.888. The van der Waals surface area contributed by atoms with E-state index in [2.05, 4.69) is 5.32 Å². The Morgan fingerprint density at radius 2 is 1.68 bits per heavy atom. The highest BCUT2D eigenvalue weighted by Crippen LogP contribution is 2.25. The molecule has 0 spiro atoms. The summed E-state index contributed by atoms with van der Waals surface area (Å²) in [5, 5.41) is 3.40. The van der Waals surface area contributed by atoms with Gasteiger partial charge in [0.15, 0.2) is 0 Å². The quantitative estimate of drug-likeness (QED) is 0.645. The van der Waals surface area contributed by atoms with E-state index in [1.165, 1.54) is 0 Å². The molecule has 2 amide bonds. The van der Waals surface area contributed by atoms with Gasteiger partial charge in [-0.2, -0.15) is 0 Å². The number of anilines is 1. The second-order valence-corrected chi connectivity index (χ2v) is 6.66. The van der Waals surface area contributed by atoms with E-state index in [1.807, 2.05) is 43.3 Å². The molecule has 3 rings (SSSR count). The molecule has 0 fully saturated rings. The Kier molecular flexibility index (Phi) is 5.96. The number of halogens is 1. The van der Waals surface area contributed by atoms with Crippen LogP contribution in [-0.4, -0.2) is 11.8 Å². The number of primary amides is 1. The van der Waals surface area contributed by atoms with Gasteiger partial charge in [0.1, 0.15) is 5.75 Å². The van der Waals surface area contributed by atoms with E-state index >= 15 is 0 Å². The number of rotatable bonds is 6. The molecule has 0 aromatic heterocycles. The summed E-state index contributed by atoms with van der Waals surface area (Å²) in [6, 6.07) is 20.8. The van der Waals surface area contributed by atoms with Gasteiger partial charge < -0.3 is 15.8 Å². The number of amides is 2. The minimum Gasteiger partial charge on any atom is -0.476 e. The second-order valence-electron chi connectivity index (χ2n) is 6.25. The molecular weight excluding hydrogens is 376 g/mol. The van der Waals surface area contributed by atoms with E-state index in [0.29, 0.717) is 27.6 Å². The first-order valence-electron chi connectivity index (χ1n) is 8.62. The lowest BCUT2D eigenvalue weighted by atomic mass is 10.1. The third-order valence-corrected chi connectivity index (χ3v) is 4.58. The molecular formula is C22H19ClN2O3. The van der Waals surface area contributed by atoms with Gasteiger partial charge in [0.05, 0.1) is 0 Å². The van der Waals surface area contributed by atoms with Gasteiger partial charge in [-0.05, 0) is 48.9 Å². The van der Waals surface area contributed by atoms with Crippen LogP contribution in [0.3, 0.4) is 0 Å². The van der Waals surface area contributed by atoms with Gasteiger partial charge in [0.2, 0.25) is 12.0 Å². The molecule has 28 heavy (non-hydrogen) atoms. The first kappa shape index (κ1) is 19.5. The largest absolute Gasteiger partial charge is 0.476 e. The van der Waals surface area contributed by atoms with Crippen molar-refractivity contribution in [1.29, 1.82) is 0 Å². The third kappa shape index (κ3) is 4.69. The van der Waals surface area contributed by atoms with Crippen LogP contribution in [0.5, 0.6) is 5.75 Å². The van der Waals surface area contributed by atoms with E-state index in [1.54, 1.807) is 36.4 Å². The first-order valence-corrected chi connectivity index (χ1v) is 9.00. The van der Waals surface area contributed by atoms with Crippen LogP contribution in [-0.2, 0) is 4.79 Å². The predicted molar refractivity (Wildman–Crippen MR) is 110 cm³/mol. The van der Waals surface area contributed by atoms with Crippen LogP contribution in [0.25, 0.3) is 0 Å². The standard InChI is InChI=1S/C22H19ClN2O3/c1-14-7-10-17(13-19(14)23)25-22(27)20(15-5-3-2-4-6-15)28-18-11-8-16(9-12-18)21(24)26/h2-13,20H,1H3,(H2,24,26)(H,25,27)/t20-/m1/s1. The molecule has 6 heteroatoms. The molecule has 0 unspecified atom stereocenters. The lowest BCUT2D eigenvalue weighted by Crippen LogP contribution is -2.25. The number of nitrogens with one attached hydrogen (secondary N) is 1. The number of benzene rings is 3. The number of hydrogen-bond donors (Lipinski definition) is 2. The summed E-state index contributed by atoms with van der Waals surface area (Å²) in [6.45, 7) is 1.89. The average molecular weight is 395 g/mol. The van der Waals surface area contributed by atoms with E-state index < -0.39 is 12.0 Å². The van der Waals surface area contributed by atoms with Crippen LogP contribution in [0.15, 0.2) is 72.8 Å². The molecule has 3 N–H and O–H groups in total. The normalized spacial score (nSPS) is 11.5. The zero-order chi connectivity index (χ0) is 20.1. The van der Waals surface area contributed by atoms with E-state index in [4.69, 9.17) is 22.1 Å². The average Bonchev–Trinajstić information content (AvgIpc) is 2.70. The monoisotopic (exact) mass is 394 g/mol. The molecule has 3 aromatic carbocycles. The van der Waals surface area contributed by atoms with Crippen LogP contribution >= 0.6 is 11.6 Å². The number of carbonyl (C=O) groups is 2. The van der Waals surface area contributed by atoms with Crippen molar-refractivity contribution >= 4 is 29.1 Å². The van der Waals surface area contributed by atoms with Crippen molar-refractivity contribution in [1.82, 2.24) is 0 Å². The van der Waals surface area contributed by atoms with Crippen LogP contribution in [0.1, 0.15) is 27.6 Å². The summed E-state index contributed by atoms with van der Waals surface area (Å²) in [5.41, 5.74) is 7.81. The van der Waals surface area contributed by atoms with E-state index in [-0.39, 0.29) is 5.91 Å². The molecule has 0 aliphatic carbocycles. The maximum Gasteiger partial charge on any atom is 0.270 e. The Morgan fingerprint density at radius 3 is 2.29 bits per heavy atom. The van der Waals surface area contributed by atoms with Crippen molar-refractivity contribution in [2.75, 3.05) is 5.32 Å². The lowest BCUT2D eigenvalue weighted by molar-refractivity contribution is -0.123. The van der Waals surface area contributed by atoms with Gasteiger partial charge in [-0.15, -0.1) is 0 Å². The van der Waals surface area contributed by atoms with E-state index in [0.717, 1.165) is 5.56 Å². The highest BCUT2D eigenvalue weighted by atomic mass is 35.5. The van der Waals surface area contributed by atoms with Crippen LogP contribution in [0.4, 0.5) is 5.69 Å². The van der Waals surface area contributed by atoms with Crippen molar-refractivity contribution in [3.63, 3.8) is 0 Å². The maximum atomic E-state index is 12.9. The zero-order valence-corrected chi connectivity index (χ0v) is 15.9. The van der Waals surface area contributed by atoms with Gasteiger partial charge >= 0.3 is 0 Å². The van der Waals surface area contributed by atoms with Crippen molar-refractivity contribution in [3.05, 3.63) is 94.5 Å². The number of ether oxygens (including phenoxy) is 1. The molecule has 0 radical (unpaired) electrons. The molecule has 5 nitrogen and oxygen atoms in total. The van der Waals surface area contributed by atoms with Crippen LogP contribution < -0.4 is 15.8 Å². The molecule has 3 aromatic rings. The Bertz CT molecular complexity index is 988. The van der Waals surface area contributed by atoms with Crippen molar-refractivity contribution in [2.45, 2.75) is 13.0 Å². The fraction of sp³-hybridized carbons (Fsp3) is 0.0909. The molecule has 0 bridgehead atoms. The fourth-order valence-electron chi connectivity index (χ4n) is 2.61. The number of carbonyl (C=O) groups excluding carboxylic acids is 2. The molecule has 0 saturated heterocycles. The van der Waals surface area contributed by atoms with Gasteiger partial charge in [-0.25, -0.2) is 0 Å². The summed E-state index contributed by atoms with van der Waals surface area (Å²) >= 11 is 6.14. The third-order valence-electron chi connectivity index (χ3n) is 4.17. The maximum absolute atomic E-state index is 12.9. The van der Waals surface area contributed by atoms with Crippen molar-refractivity contribution in [3.8, 4) is 5.75 Å². The topological polar surface area (TPSA) is 81.4 Å². The first-order chi connectivity index (χ1) is 13.4. The smallest absolute Gasteiger partial charge is 0.270 e. The second kappa shape index (κ2) is 8.59. The Hall–Kier alpha value is -3.31.